The lowest BCUT2D eigenvalue weighted by molar-refractivity contribution is 0.0949. The molecule has 0 aliphatic carbocycles. The smallest absolute Gasteiger partial charge is 0.251 e. The quantitative estimate of drug-likeness (QED) is 0.699. The number of phenolic OH excluding ortho intramolecular Hbond substituents is 1. The standard InChI is InChI=1S/C13H20N2O3/c1-9-11(4-3-5-12(9)16)13(17)15-7-6-10(14)8-18-2/h3-5,10,16H,6-8,14H2,1-2H3,(H,15,17). The third-order valence-corrected chi connectivity index (χ3v) is 2.73. The first-order valence-corrected chi connectivity index (χ1v) is 5.87. The maximum Gasteiger partial charge on any atom is 0.251 e. The summed E-state index contributed by atoms with van der Waals surface area (Å²) in [7, 11) is 1.59. The van der Waals surface area contributed by atoms with Crippen LogP contribution in [0, 0.1) is 6.92 Å². The zero-order valence-electron chi connectivity index (χ0n) is 10.8. The second-order valence-electron chi connectivity index (χ2n) is 4.21. The first-order valence-electron chi connectivity index (χ1n) is 5.87. The van der Waals surface area contributed by atoms with Crippen molar-refractivity contribution in [3.05, 3.63) is 29.3 Å². The predicted octanol–water partition coefficient (Wildman–Crippen LogP) is 0.794. The second kappa shape index (κ2) is 6.98. The highest BCUT2D eigenvalue weighted by molar-refractivity contribution is 5.96. The van der Waals surface area contributed by atoms with Gasteiger partial charge in [-0.3, -0.25) is 4.79 Å². The Morgan fingerprint density at radius 3 is 2.94 bits per heavy atom. The van der Waals surface area contributed by atoms with Crippen LogP contribution in [0.4, 0.5) is 0 Å². The Labute approximate surface area is 107 Å². The first kappa shape index (κ1) is 14.5. The summed E-state index contributed by atoms with van der Waals surface area (Å²) in [6, 6.07) is 4.80. The van der Waals surface area contributed by atoms with E-state index >= 15 is 0 Å². The lowest BCUT2D eigenvalue weighted by atomic mass is 10.1. The van der Waals surface area contributed by atoms with Crippen LogP contribution in [0.5, 0.6) is 5.75 Å². The van der Waals surface area contributed by atoms with E-state index in [9.17, 15) is 9.90 Å². The van der Waals surface area contributed by atoms with E-state index in [1.165, 1.54) is 0 Å². The molecule has 0 radical (unpaired) electrons. The van der Waals surface area contributed by atoms with Gasteiger partial charge in [-0.05, 0) is 25.5 Å². The van der Waals surface area contributed by atoms with E-state index in [0.717, 1.165) is 0 Å². The first-order chi connectivity index (χ1) is 8.56. The van der Waals surface area contributed by atoms with Gasteiger partial charge in [0, 0.05) is 30.8 Å². The molecule has 1 aromatic rings. The number of benzene rings is 1. The zero-order chi connectivity index (χ0) is 13.5. The fraction of sp³-hybridized carbons (Fsp3) is 0.462. The van der Waals surface area contributed by atoms with Crippen molar-refractivity contribution in [2.24, 2.45) is 5.73 Å². The van der Waals surface area contributed by atoms with E-state index in [1.54, 1.807) is 32.2 Å². The number of methoxy groups -OCH3 is 1. The van der Waals surface area contributed by atoms with Gasteiger partial charge >= 0.3 is 0 Å². The van der Waals surface area contributed by atoms with Crippen LogP contribution >= 0.6 is 0 Å². The van der Waals surface area contributed by atoms with Crippen LogP contribution in [0.25, 0.3) is 0 Å². The van der Waals surface area contributed by atoms with Gasteiger partial charge in [0.05, 0.1) is 6.61 Å². The molecule has 0 aromatic heterocycles. The average Bonchev–Trinajstić information content (AvgIpc) is 2.33. The molecule has 0 aliphatic heterocycles. The highest BCUT2D eigenvalue weighted by Gasteiger charge is 2.11. The number of phenols is 1. The van der Waals surface area contributed by atoms with Crippen molar-refractivity contribution in [2.75, 3.05) is 20.3 Å². The molecule has 1 amide bonds. The number of carbonyl (C=O) groups excluding carboxylic acids is 1. The maximum absolute atomic E-state index is 11.9. The normalized spacial score (nSPS) is 12.2. The van der Waals surface area contributed by atoms with Gasteiger partial charge in [0.2, 0.25) is 0 Å². The predicted molar refractivity (Wildman–Crippen MR) is 69.6 cm³/mol. The van der Waals surface area contributed by atoms with Crippen LogP contribution in [-0.2, 0) is 4.74 Å². The Hall–Kier alpha value is -1.59. The molecule has 0 aliphatic rings. The molecule has 100 valence electrons. The van der Waals surface area contributed by atoms with Gasteiger partial charge in [0.15, 0.2) is 0 Å². The number of carbonyl (C=O) groups is 1. The van der Waals surface area contributed by atoms with Crippen molar-refractivity contribution in [1.29, 1.82) is 0 Å². The molecule has 0 heterocycles. The summed E-state index contributed by atoms with van der Waals surface area (Å²) in [5.74, 6) is -0.0771. The monoisotopic (exact) mass is 252 g/mol. The van der Waals surface area contributed by atoms with Crippen molar-refractivity contribution in [3.8, 4) is 5.75 Å². The molecule has 5 heteroatoms. The molecule has 0 spiro atoms. The number of rotatable bonds is 6. The van der Waals surface area contributed by atoms with Crippen molar-refractivity contribution in [3.63, 3.8) is 0 Å². The van der Waals surface area contributed by atoms with Crippen molar-refractivity contribution in [1.82, 2.24) is 5.32 Å². The van der Waals surface area contributed by atoms with Gasteiger partial charge in [0.1, 0.15) is 5.75 Å². The Morgan fingerprint density at radius 2 is 2.28 bits per heavy atom. The number of ether oxygens (including phenoxy) is 1. The van der Waals surface area contributed by atoms with Gasteiger partial charge < -0.3 is 20.9 Å². The second-order valence-corrected chi connectivity index (χ2v) is 4.21. The Balaban J connectivity index is 2.48. The number of nitrogens with one attached hydrogen (secondary N) is 1. The molecule has 0 saturated carbocycles. The number of hydrogen-bond donors (Lipinski definition) is 3. The van der Waals surface area contributed by atoms with Crippen molar-refractivity contribution in [2.45, 2.75) is 19.4 Å². The molecule has 4 N–H and O–H groups in total. The minimum absolute atomic E-state index is 0.0828. The van der Waals surface area contributed by atoms with Crippen LogP contribution in [0.15, 0.2) is 18.2 Å². The lowest BCUT2D eigenvalue weighted by Crippen LogP contribution is -2.33. The summed E-state index contributed by atoms with van der Waals surface area (Å²) in [5.41, 5.74) is 6.81. The van der Waals surface area contributed by atoms with Gasteiger partial charge in [-0.1, -0.05) is 6.07 Å². The van der Waals surface area contributed by atoms with E-state index in [1.807, 2.05) is 0 Å². The summed E-state index contributed by atoms with van der Waals surface area (Å²) in [5, 5.41) is 12.3. The third-order valence-electron chi connectivity index (χ3n) is 2.73. The summed E-state index contributed by atoms with van der Waals surface area (Å²) in [6.45, 7) is 2.67. The van der Waals surface area contributed by atoms with Gasteiger partial charge in [-0.15, -0.1) is 0 Å². The molecule has 1 atom stereocenters. The summed E-state index contributed by atoms with van der Waals surface area (Å²) in [6.07, 6.45) is 0.650. The van der Waals surface area contributed by atoms with E-state index in [-0.39, 0.29) is 17.7 Å². The molecule has 1 rings (SSSR count). The van der Waals surface area contributed by atoms with E-state index < -0.39 is 0 Å². The van der Waals surface area contributed by atoms with Gasteiger partial charge in [-0.25, -0.2) is 0 Å². The Kier molecular flexibility index (Phi) is 5.61. The summed E-state index contributed by atoms with van der Waals surface area (Å²) < 4.78 is 4.91. The third kappa shape index (κ3) is 4.01. The molecule has 1 unspecified atom stereocenters. The molecule has 1 aromatic carbocycles. The van der Waals surface area contributed by atoms with Crippen LogP contribution in [-0.4, -0.2) is 37.3 Å². The Morgan fingerprint density at radius 1 is 1.56 bits per heavy atom. The van der Waals surface area contributed by atoms with Crippen LogP contribution in [0.3, 0.4) is 0 Å². The van der Waals surface area contributed by atoms with Gasteiger partial charge in [0.25, 0.3) is 5.91 Å². The number of amides is 1. The lowest BCUT2D eigenvalue weighted by Gasteiger charge is -2.12. The molecule has 18 heavy (non-hydrogen) atoms. The molecular formula is C13H20N2O3. The SMILES string of the molecule is COCC(N)CCNC(=O)c1cccc(O)c1C. The fourth-order valence-corrected chi connectivity index (χ4v) is 1.63. The number of aromatic hydroxyl groups is 1. The maximum atomic E-state index is 11.9. The van der Waals surface area contributed by atoms with Crippen molar-refractivity contribution < 1.29 is 14.6 Å². The molecular weight excluding hydrogens is 232 g/mol. The number of nitrogens with two attached hydrogens (primary N) is 1. The summed E-state index contributed by atoms with van der Waals surface area (Å²) >= 11 is 0. The molecule has 0 fully saturated rings. The zero-order valence-corrected chi connectivity index (χ0v) is 10.8. The molecule has 5 nitrogen and oxygen atoms in total. The summed E-state index contributed by atoms with van der Waals surface area (Å²) in [4.78, 5) is 11.9. The number of hydrogen-bond acceptors (Lipinski definition) is 4. The minimum atomic E-state index is -0.201. The van der Waals surface area contributed by atoms with E-state index in [2.05, 4.69) is 5.32 Å². The van der Waals surface area contributed by atoms with Crippen LogP contribution in [0.1, 0.15) is 22.3 Å². The topological polar surface area (TPSA) is 84.6 Å². The van der Waals surface area contributed by atoms with E-state index in [0.29, 0.717) is 30.7 Å². The molecule has 0 bridgehead atoms. The fourth-order valence-electron chi connectivity index (χ4n) is 1.63. The minimum Gasteiger partial charge on any atom is -0.508 e. The average molecular weight is 252 g/mol. The molecule has 0 saturated heterocycles. The highest BCUT2D eigenvalue weighted by Crippen LogP contribution is 2.19. The van der Waals surface area contributed by atoms with Gasteiger partial charge in [-0.2, -0.15) is 0 Å². The van der Waals surface area contributed by atoms with E-state index in [4.69, 9.17) is 10.5 Å². The Bertz CT molecular complexity index is 407. The largest absolute Gasteiger partial charge is 0.508 e. The van der Waals surface area contributed by atoms with Crippen molar-refractivity contribution >= 4 is 5.91 Å². The van der Waals surface area contributed by atoms with Crippen LogP contribution < -0.4 is 11.1 Å². The highest BCUT2D eigenvalue weighted by atomic mass is 16.5. The van der Waals surface area contributed by atoms with Crippen LogP contribution in [0.2, 0.25) is 0 Å².